The molecule has 0 saturated carbocycles. The molecule has 192 valence electrons. The van der Waals surface area contributed by atoms with Crippen LogP contribution in [0.3, 0.4) is 0 Å². The van der Waals surface area contributed by atoms with Gasteiger partial charge in [0.25, 0.3) is 6.36 Å². The lowest BCUT2D eigenvalue weighted by Crippen LogP contribution is -2.66. The molecule has 19 heteroatoms. The second-order valence-electron chi connectivity index (χ2n) is 5.71. The Labute approximate surface area is 175 Å². The molecule has 0 spiro atoms. The molecule has 0 aromatic heterocycles. The quantitative estimate of drug-likeness (QED) is 0.241. The van der Waals surface area contributed by atoms with Crippen LogP contribution in [0.15, 0.2) is 35.2 Å². The molecule has 2 unspecified atom stereocenters. The van der Waals surface area contributed by atoms with Crippen molar-refractivity contribution in [1.82, 2.24) is 0 Å². The number of alkyl halides is 16. The van der Waals surface area contributed by atoms with E-state index in [1.807, 2.05) is 0 Å². The SMILES string of the molecule is FC(OC(F)(F)C(F)(OC(F)(F)C(F)(F)C(F)(F)F)C(F)(F)F)C(F)(F)Sc1ccccc1. The molecule has 2 atom stereocenters. The predicted octanol–water partition coefficient (Wildman–Crippen LogP) is 7.31. The van der Waals surface area contributed by atoms with Crippen molar-refractivity contribution in [2.75, 3.05) is 0 Å². The van der Waals surface area contributed by atoms with Gasteiger partial charge >= 0.3 is 41.6 Å². The molecule has 1 aromatic carbocycles. The Hall–Kier alpha value is -1.63. The van der Waals surface area contributed by atoms with E-state index in [-0.39, 0.29) is 0 Å². The first-order valence-corrected chi connectivity index (χ1v) is 8.33. The summed E-state index contributed by atoms with van der Waals surface area (Å²) >= 11 is -0.995. The van der Waals surface area contributed by atoms with Crippen LogP contribution in [0.2, 0.25) is 0 Å². The number of thioether (sulfide) groups is 1. The molecule has 0 bridgehead atoms. The largest absolute Gasteiger partial charge is 0.462 e. The average Bonchev–Trinajstić information content (AvgIpc) is 2.59. The summed E-state index contributed by atoms with van der Waals surface area (Å²) in [5, 5.41) is -5.30. The summed E-state index contributed by atoms with van der Waals surface area (Å²) in [6, 6.07) is 4.87. The second kappa shape index (κ2) is 8.86. The van der Waals surface area contributed by atoms with E-state index in [2.05, 4.69) is 4.74 Å². The van der Waals surface area contributed by atoms with Crippen molar-refractivity contribution in [2.45, 2.75) is 52.9 Å². The molecule has 0 amide bonds. The molecular weight excluding hydrogens is 536 g/mol. The minimum atomic E-state index is -7.71. The van der Waals surface area contributed by atoms with E-state index >= 15 is 0 Å². The first kappa shape index (κ1) is 29.4. The van der Waals surface area contributed by atoms with E-state index in [1.165, 1.54) is 10.8 Å². The Balaban J connectivity index is 3.32. The molecule has 0 fully saturated rings. The van der Waals surface area contributed by atoms with Crippen LogP contribution in [-0.2, 0) is 9.47 Å². The fourth-order valence-corrected chi connectivity index (χ4v) is 2.40. The van der Waals surface area contributed by atoms with Gasteiger partial charge in [-0.2, -0.15) is 65.9 Å². The fraction of sp³-hybridized carbons (Fsp3) is 0.571. The van der Waals surface area contributed by atoms with Gasteiger partial charge in [0.15, 0.2) is 0 Å². The van der Waals surface area contributed by atoms with Crippen LogP contribution in [0.4, 0.5) is 70.2 Å². The van der Waals surface area contributed by atoms with Gasteiger partial charge in [-0.1, -0.05) is 18.2 Å². The maximum absolute atomic E-state index is 13.8. The molecule has 0 radical (unpaired) electrons. The van der Waals surface area contributed by atoms with E-state index in [9.17, 15) is 70.2 Å². The van der Waals surface area contributed by atoms with Crippen molar-refractivity contribution in [3.8, 4) is 0 Å². The van der Waals surface area contributed by atoms with E-state index in [0.29, 0.717) is 0 Å². The monoisotopic (exact) mass is 542 g/mol. The average molecular weight is 542 g/mol. The fourth-order valence-electron chi connectivity index (χ4n) is 1.65. The van der Waals surface area contributed by atoms with Crippen molar-refractivity contribution in [3.63, 3.8) is 0 Å². The number of hydrogen-bond donors (Lipinski definition) is 0. The van der Waals surface area contributed by atoms with Crippen molar-refractivity contribution < 1.29 is 79.7 Å². The summed E-state index contributed by atoms with van der Waals surface area (Å²) in [6.07, 6.45) is -35.1. The Morgan fingerprint density at radius 1 is 0.636 bits per heavy atom. The number of ether oxygens (including phenoxy) is 2. The summed E-state index contributed by atoms with van der Waals surface area (Å²) < 4.78 is 211. The maximum Gasteiger partial charge on any atom is 0.462 e. The van der Waals surface area contributed by atoms with Gasteiger partial charge in [-0.15, -0.1) is 0 Å². The van der Waals surface area contributed by atoms with Gasteiger partial charge in [0.05, 0.1) is 0 Å². The van der Waals surface area contributed by atoms with Gasteiger partial charge < -0.3 is 0 Å². The lowest BCUT2D eigenvalue weighted by atomic mass is 10.2. The molecule has 33 heavy (non-hydrogen) atoms. The predicted molar refractivity (Wildman–Crippen MR) is 75.1 cm³/mol. The summed E-state index contributed by atoms with van der Waals surface area (Å²) in [5.41, 5.74) is 0. The van der Waals surface area contributed by atoms with Crippen LogP contribution in [0.25, 0.3) is 0 Å². The Morgan fingerprint density at radius 3 is 1.48 bits per heavy atom. The lowest BCUT2D eigenvalue weighted by molar-refractivity contribution is -0.540. The highest BCUT2D eigenvalue weighted by Gasteiger charge is 2.84. The van der Waals surface area contributed by atoms with Crippen LogP contribution in [-0.4, -0.2) is 48.0 Å². The third kappa shape index (κ3) is 5.90. The summed E-state index contributed by atoms with van der Waals surface area (Å²) in [4.78, 5) is -0.632. The first-order valence-electron chi connectivity index (χ1n) is 7.51. The molecule has 0 aliphatic rings. The van der Waals surface area contributed by atoms with Gasteiger partial charge in [0.2, 0.25) is 0 Å². The topological polar surface area (TPSA) is 18.5 Å². The van der Waals surface area contributed by atoms with E-state index in [0.717, 1.165) is 24.3 Å². The summed E-state index contributed by atoms with van der Waals surface area (Å²) in [5.74, 6) is -15.4. The molecular formula is C14H6F16O2S. The Morgan fingerprint density at radius 2 is 1.09 bits per heavy atom. The highest BCUT2D eigenvalue weighted by atomic mass is 32.2. The van der Waals surface area contributed by atoms with Crippen molar-refractivity contribution >= 4 is 11.8 Å². The smallest absolute Gasteiger partial charge is 0.274 e. The highest BCUT2D eigenvalue weighted by Crippen LogP contribution is 2.56. The van der Waals surface area contributed by atoms with Crippen LogP contribution < -0.4 is 0 Å². The summed E-state index contributed by atoms with van der Waals surface area (Å²) in [7, 11) is 0. The van der Waals surface area contributed by atoms with E-state index < -0.39 is 64.6 Å². The molecule has 0 N–H and O–H groups in total. The maximum atomic E-state index is 13.8. The molecule has 1 aromatic rings. The highest BCUT2D eigenvalue weighted by molar-refractivity contribution is 8.00. The normalized spacial score (nSPS) is 17.6. The number of halogens is 16. The lowest BCUT2D eigenvalue weighted by Gasteiger charge is -2.38. The Kier molecular flexibility index (Phi) is 7.90. The zero-order valence-corrected chi connectivity index (χ0v) is 15.6. The van der Waals surface area contributed by atoms with E-state index in [1.54, 1.807) is 0 Å². The van der Waals surface area contributed by atoms with Crippen molar-refractivity contribution in [3.05, 3.63) is 30.3 Å². The standard InChI is InChI=1S/C14H6F16O2S/c15-7(8(16,17)33-6-4-2-1-3-5-6)31-14(29,30)10(20,12(24,25)26)32-13(27,28)9(18,19)11(21,22)23/h1-5,7H. The zero-order valence-electron chi connectivity index (χ0n) is 14.7. The second-order valence-corrected chi connectivity index (χ2v) is 6.93. The zero-order chi connectivity index (χ0) is 26.3. The van der Waals surface area contributed by atoms with Crippen LogP contribution in [0.5, 0.6) is 0 Å². The van der Waals surface area contributed by atoms with Gasteiger partial charge in [0, 0.05) is 4.90 Å². The number of benzene rings is 1. The van der Waals surface area contributed by atoms with Crippen LogP contribution in [0.1, 0.15) is 0 Å². The van der Waals surface area contributed by atoms with Crippen molar-refractivity contribution in [2.24, 2.45) is 0 Å². The minimum absolute atomic E-state index is 0.632. The van der Waals surface area contributed by atoms with Gasteiger partial charge in [0.1, 0.15) is 0 Å². The first-order chi connectivity index (χ1) is 14.4. The molecule has 0 heterocycles. The molecule has 0 aliphatic heterocycles. The molecule has 1 rings (SSSR count). The number of hydrogen-bond acceptors (Lipinski definition) is 3. The van der Waals surface area contributed by atoms with Gasteiger partial charge in [-0.3, -0.25) is 9.47 Å². The Bertz CT molecular complexity index is 793. The third-order valence-electron chi connectivity index (χ3n) is 3.24. The summed E-state index contributed by atoms with van der Waals surface area (Å²) in [6.45, 7) is 0. The molecule has 0 aliphatic carbocycles. The van der Waals surface area contributed by atoms with Crippen molar-refractivity contribution in [1.29, 1.82) is 0 Å². The number of rotatable bonds is 9. The van der Waals surface area contributed by atoms with Crippen LogP contribution >= 0.6 is 11.8 Å². The molecule has 2 nitrogen and oxygen atoms in total. The van der Waals surface area contributed by atoms with Gasteiger partial charge in [-0.25, -0.2) is 4.39 Å². The van der Waals surface area contributed by atoms with E-state index in [4.69, 9.17) is 0 Å². The van der Waals surface area contributed by atoms with Crippen LogP contribution in [0, 0.1) is 0 Å². The third-order valence-corrected chi connectivity index (χ3v) is 4.21. The molecule has 0 saturated heterocycles. The van der Waals surface area contributed by atoms with Gasteiger partial charge in [-0.05, 0) is 23.9 Å². The minimum Gasteiger partial charge on any atom is -0.274 e.